The summed E-state index contributed by atoms with van der Waals surface area (Å²) in [5.74, 6) is 0.885. The van der Waals surface area contributed by atoms with Crippen LogP contribution in [0.5, 0.6) is 0 Å². The molecule has 0 bridgehead atoms. The molecule has 1 fully saturated rings. The molecule has 5 nitrogen and oxygen atoms in total. The van der Waals surface area contributed by atoms with Crippen LogP contribution < -0.4 is 15.5 Å². The molecule has 4 rings (SSSR count). The Morgan fingerprint density at radius 1 is 1.13 bits per heavy atom. The van der Waals surface area contributed by atoms with Gasteiger partial charge in [-0.15, -0.1) is 46.7 Å². The van der Waals surface area contributed by atoms with Crippen LogP contribution >= 0.6 is 46.7 Å². The summed E-state index contributed by atoms with van der Waals surface area (Å²) in [5.41, 5.74) is 2.17. The van der Waals surface area contributed by atoms with E-state index in [2.05, 4.69) is 57.5 Å². The van der Waals surface area contributed by atoms with Crippen molar-refractivity contribution in [1.82, 2.24) is 15.6 Å². The molecule has 1 aromatic carbocycles. The minimum Gasteiger partial charge on any atom is -0.363 e. The second-order valence-electron chi connectivity index (χ2n) is 7.06. The van der Waals surface area contributed by atoms with Gasteiger partial charge < -0.3 is 15.5 Å². The van der Waals surface area contributed by atoms with Crippen molar-refractivity contribution in [3.8, 4) is 10.6 Å². The van der Waals surface area contributed by atoms with E-state index in [1.807, 2.05) is 29.5 Å². The summed E-state index contributed by atoms with van der Waals surface area (Å²) in [6.07, 6.45) is 2.24. The standard InChI is InChI=1S/C22H27N5S2.HI/c1-2-23-22(26-18-10-12-27(13-11-18)20-9-6-14-28-20)24-15-19-16-29-21(25-19)17-7-4-3-5-8-17;/h3-9,14,16,18H,2,10-13,15H2,1H3,(H2,23,24,26);1H. The number of guanidine groups is 1. The molecule has 30 heavy (non-hydrogen) atoms. The van der Waals surface area contributed by atoms with Gasteiger partial charge in [0.05, 0.1) is 17.2 Å². The van der Waals surface area contributed by atoms with Crippen molar-refractivity contribution in [2.24, 2.45) is 4.99 Å². The summed E-state index contributed by atoms with van der Waals surface area (Å²) in [7, 11) is 0. The zero-order chi connectivity index (χ0) is 19.9. The van der Waals surface area contributed by atoms with Crippen molar-refractivity contribution in [1.29, 1.82) is 0 Å². The van der Waals surface area contributed by atoms with E-state index < -0.39 is 0 Å². The van der Waals surface area contributed by atoms with E-state index in [9.17, 15) is 0 Å². The smallest absolute Gasteiger partial charge is 0.191 e. The molecular formula is C22H28IN5S2. The Kier molecular flexibility index (Phi) is 8.95. The molecule has 0 saturated carbocycles. The van der Waals surface area contributed by atoms with E-state index in [0.29, 0.717) is 12.6 Å². The summed E-state index contributed by atoms with van der Waals surface area (Å²) < 4.78 is 0. The van der Waals surface area contributed by atoms with Gasteiger partial charge in [0.2, 0.25) is 0 Å². The minimum atomic E-state index is 0. The van der Waals surface area contributed by atoms with Crippen molar-refractivity contribution < 1.29 is 0 Å². The maximum Gasteiger partial charge on any atom is 0.191 e. The molecule has 0 amide bonds. The molecule has 3 heterocycles. The highest BCUT2D eigenvalue weighted by Gasteiger charge is 2.20. The van der Waals surface area contributed by atoms with Crippen molar-refractivity contribution in [3.63, 3.8) is 0 Å². The molecule has 1 saturated heterocycles. The SMILES string of the molecule is CCNC(=NCc1csc(-c2ccccc2)n1)NC1CCN(c2cccs2)CC1.I. The van der Waals surface area contributed by atoms with Gasteiger partial charge >= 0.3 is 0 Å². The number of hydrogen-bond acceptors (Lipinski definition) is 5. The Balaban J connectivity index is 0.00000256. The Morgan fingerprint density at radius 2 is 1.93 bits per heavy atom. The largest absolute Gasteiger partial charge is 0.363 e. The summed E-state index contributed by atoms with van der Waals surface area (Å²) >= 11 is 3.50. The normalized spacial score (nSPS) is 15.0. The molecule has 2 N–H and O–H groups in total. The van der Waals surface area contributed by atoms with Gasteiger partial charge in [0.1, 0.15) is 5.01 Å². The van der Waals surface area contributed by atoms with Crippen LogP contribution in [0.4, 0.5) is 5.00 Å². The van der Waals surface area contributed by atoms with E-state index >= 15 is 0 Å². The van der Waals surface area contributed by atoms with Crippen LogP contribution in [0.25, 0.3) is 10.6 Å². The zero-order valence-corrected chi connectivity index (χ0v) is 21.0. The van der Waals surface area contributed by atoms with Gasteiger partial charge in [0, 0.05) is 36.6 Å². The van der Waals surface area contributed by atoms with E-state index in [0.717, 1.165) is 54.7 Å². The predicted octanol–water partition coefficient (Wildman–Crippen LogP) is 5.21. The minimum absolute atomic E-state index is 0. The highest BCUT2D eigenvalue weighted by atomic mass is 127. The third kappa shape index (κ3) is 6.18. The van der Waals surface area contributed by atoms with E-state index in [1.165, 1.54) is 5.00 Å². The molecule has 1 aliphatic rings. The number of hydrogen-bond donors (Lipinski definition) is 2. The third-order valence-corrected chi connectivity index (χ3v) is 6.84. The fourth-order valence-electron chi connectivity index (χ4n) is 3.46. The Hall–Kier alpha value is -1.65. The zero-order valence-electron chi connectivity index (χ0n) is 17.1. The third-order valence-electron chi connectivity index (χ3n) is 4.97. The molecule has 0 radical (unpaired) electrons. The lowest BCUT2D eigenvalue weighted by Gasteiger charge is -2.33. The Morgan fingerprint density at radius 3 is 2.63 bits per heavy atom. The Labute approximate surface area is 203 Å². The number of thiazole rings is 1. The average Bonchev–Trinajstić information content (AvgIpc) is 3.46. The molecule has 0 unspecified atom stereocenters. The quantitative estimate of drug-likeness (QED) is 0.250. The van der Waals surface area contributed by atoms with Gasteiger partial charge in [-0.3, -0.25) is 0 Å². The van der Waals surface area contributed by atoms with E-state index in [4.69, 9.17) is 9.98 Å². The van der Waals surface area contributed by atoms with Gasteiger partial charge in [-0.05, 0) is 37.3 Å². The highest BCUT2D eigenvalue weighted by Crippen LogP contribution is 2.25. The first-order valence-corrected chi connectivity index (χ1v) is 11.9. The number of aliphatic imine (C=N–C) groups is 1. The monoisotopic (exact) mass is 553 g/mol. The molecule has 0 atom stereocenters. The second-order valence-corrected chi connectivity index (χ2v) is 8.85. The van der Waals surface area contributed by atoms with Crippen LogP contribution in [0.1, 0.15) is 25.5 Å². The number of nitrogens with one attached hydrogen (secondary N) is 2. The average molecular weight is 554 g/mol. The van der Waals surface area contributed by atoms with Gasteiger partial charge in [0.15, 0.2) is 5.96 Å². The van der Waals surface area contributed by atoms with Crippen LogP contribution in [-0.2, 0) is 6.54 Å². The maximum absolute atomic E-state index is 4.78. The molecule has 0 spiro atoms. The summed E-state index contributed by atoms with van der Waals surface area (Å²) in [6, 6.07) is 15.1. The van der Waals surface area contributed by atoms with Gasteiger partial charge in [0.25, 0.3) is 0 Å². The van der Waals surface area contributed by atoms with Crippen LogP contribution in [0, 0.1) is 0 Å². The second kappa shape index (κ2) is 11.7. The molecule has 8 heteroatoms. The lowest BCUT2D eigenvalue weighted by atomic mass is 10.1. The van der Waals surface area contributed by atoms with Gasteiger partial charge in [-0.2, -0.15) is 0 Å². The fourth-order valence-corrected chi connectivity index (χ4v) is 5.06. The van der Waals surface area contributed by atoms with Crippen molar-refractivity contribution in [2.45, 2.75) is 32.4 Å². The molecule has 3 aromatic rings. The first kappa shape index (κ1) is 23.0. The predicted molar refractivity (Wildman–Crippen MR) is 140 cm³/mol. The molecule has 2 aromatic heterocycles. The number of thiophene rings is 1. The fraction of sp³-hybridized carbons (Fsp3) is 0.364. The summed E-state index contributed by atoms with van der Waals surface area (Å²) in [4.78, 5) is 12.0. The molecular weight excluding hydrogens is 525 g/mol. The van der Waals surface area contributed by atoms with Crippen LogP contribution in [0.2, 0.25) is 0 Å². The lowest BCUT2D eigenvalue weighted by molar-refractivity contribution is 0.463. The topological polar surface area (TPSA) is 52.6 Å². The molecule has 1 aliphatic heterocycles. The Bertz CT molecular complexity index is 903. The van der Waals surface area contributed by atoms with Crippen molar-refractivity contribution in [3.05, 3.63) is 58.9 Å². The number of anilines is 1. The summed E-state index contributed by atoms with van der Waals surface area (Å²) in [6.45, 7) is 5.72. The number of halogens is 1. The number of nitrogens with zero attached hydrogens (tertiary/aromatic N) is 3. The van der Waals surface area contributed by atoms with Crippen LogP contribution in [0.15, 0.2) is 58.2 Å². The highest BCUT2D eigenvalue weighted by molar-refractivity contribution is 14.0. The molecule has 160 valence electrons. The van der Waals surface area contributed by atoms with Crippen LogP contribution in [0.3, 0.4) is 0 Å². The van der Waals surface area contributed by atoms with E-state index in [1.54, 1.807) is 11.3 Å². The van der Waals surface area contributed by atoms with Gasteiger partial charge in [-0.1, -0.05) is 30.3 Å². The van der Waals surface area contributed by atoms with Crippen LogP contribution in [-0.4, -0.2) is 36.6 Å². The first-order chi connectivity index (χ1) is 14.3. The first-order valence-electron chi connectivity index (χ1n) is 10.1. The lowest BCUT2D eigenvalue weighted by Crippen LogP contribution is -2.48. The number of benzene rings is 1. The number of piperidine rings is 1. The van der Waals surface area contributed by atoms with E-state index in [-0.39, 0.29) is 24.0 Å². The number of rotatable bonds is 6. The number of aromatic nitrogens is 1. The van der Waals surface area contributed by atoms with Gasteiger partial charge in [-0.25, -0.2) is 9.98 Å². The van der Waals surface area contributed by atoms with Crippen molar-refractivity contribution >= 4 is 57.6 Å². The molecule has 0 aliphatic carbocycles. The summed E-state index contributed by atoms with van der Waals surface area (Å²) in [5, 5.41) is 13.7. The maximum atomic E-state index is 4.78. The van der Waals surface area contributed by atoms with Crippen molar-refractivity contribution in [2.75, 3.05) is 24.5 Å².